The molecule has 0 bridgehead atoms. The second-order valence-corrected chi connectivity index (χ2v) is 8.85. The molecule has 2 amide bonds. The Balaban J connectivity index is 1.45. The predicted molar refractivity (Wildman–Crippen MR) is 125 cm³/mol. The van der Waals surface area contributed by atoms with Gasteiger partial charge in [-0.3, -0.25) is 14.6 Å². The lowest BCUT2D eigenvalue weighted by Gasteiger charge is -2.37. The number of carbonyl (C=O) groups excluding carboxylic acids is 2. The van der Waals surface area contributed by atoms with Gasteiger partial charge in [-0.05, 0) is 44.2 Å². The van der Waals surface area contributed by atoms with Crippen LogP contribution >= 0.6 is 11.6 Å². The lowest BCUT2D eigenvalue weighted by molar-refractivity contribution is 0.0414. The maximum Gasteiger partial charge on any atom is 0.412 e. The Morgan fingerprint density at radius 1 is 1.03 bits per heavy atom. The van der Waals surface area contributed by atoms with Crippen LogP contribution in [-0.2, 0) is 4.74 Å². The van der Waals surface area contributed by atoms with E-state index in [1.54, 1.807) is 35.2 Å². The summed E-state index contributed by atoms with van der Waals surface area (Å²) in [5, 5.41) is 1.11. The fourth-order valence-electron chi connectivity index (χ4n) is 4.31. The molecule has 1 unspecified atom stereocenters. The van der Waals surface area contributed by atoms with Gasteiger partial charge < -0.3 is 9.64 Å². The summed E-state index contributed by atoms with van der Waals surface area (Å²) in [5.74, 6) is 0.0720. The van der Waals surface area contributed by atoms with Crippen molar-refractivity contribution in [3.05, 3.63) is 64.8 Å². The standard InChI is InChI=1S/C24H24ClN5O3/c1-15(2)28-11-13-29(14-12-28)24(32)33-23-18-6-4-3-5-17(18)22(31)30(23)20-10-8-16-7-9-19(25)26-21(16)27-20/h3-10,15,23H,11-14H2,1-2H3. The molecule has 3 aromatic rings. The van der Waals surface area contributed by atoms with Gasteiger partial charge >= 0.3 is 6.09 Å². The zero-order chi connectivity index (χ0) is 23.1. The van der Waals surface area contributed by atoms with E-state index in [0.717, 1.165) is 18.5 Å². The molecular formula is C24H24ClN5O3. The third kappa shape index (κ3) is 4.00. The average molecular weight is 466 g/mol. The second-order valence-electron chi connectivity index (χ2n) is 8.47. The number of rotatable bonds is 3. The first-order valence-corrected chi connectivity index (χ1v) is 11.4. The van der Waals surface area contributed by atoms with Crippen molar-refractivity contribution in [2.45, 2.75) is 26.1 Å². The van der Waals surface area contributed by atoms with Crippen LogP contribution in [0.4, 0.5) is 10.6 Å². The molecule has 4 heterocycles. The molecule has 170 valence electrons. The number of ether oxygens (including phenoxy) is 1. The third-order valence-electron chi connectivity index (χ3n) is 6.18. The maximum absolute atomic E-state index is 13.3. The van der Waals surface area contributed by atoms with Gasteiger partial charge in [-0.25, -0.2) is 14.8 Å². The molecule has 0 spiro atoms. The summed E-state index contributed by atoms with van der Waals surface area (Å²) >= 11 is 6.04. The normalized spacial score (nSPS) is 18.8. The largest absolute Gasteiger partial charge is 0.420 e. The van der Waals surface area contributed by atoms with Gasteiger partial charge in [0.15, 0.2) is 5.65 Å². The summed E-state index contributed by atoms with van der Waals surface area (Å²) in [6, 6.07) is 14.6. The van der Waals surface area contributed by atoms with Crippen LogP contribution in [0.15, 0.2) is 48.5 Å². The van der Waals surface area contributed by atoms with Crippen LogP contribution in [0.5, 0.6) is 0 Å². The topological polar surface area (TPSA) is 78.9 Å². The zero-order valence-corrected chi connectivity index (χ0v) is 19.2. The molecule has 2 aliphatic heterocycles. The molecule has 33 heavy (non-hydrogen) atoms. The molecule has 9 heteroatoms. The summed E-state index contributed by atoms with van der Waals surface area (Å²) < 4.78 is 5.93. The first-order chi connectivity index (χ1) is 15.9. The van der Waals surface area contributed by atoms with E-state index in [9.17, 15) is 9.59 Å². The molecule has 8 nitrogen and oxygen atoms in total. The van der Waals surface area contributed by atoms with Crippen LogP contribution in [0.3, 0.4) is 0 Å². The van der Waals surface area contributed by atoms with Crippen LogP contribution in [-0.4, -0.2) is 64.0 Å². The number of anilines is 1. The maximum atomic E-state index is 13.3. The van der Waals surface area contributed by atoms with Crippen molar-refractivity contribution in [3.8, 4) is 0 Å². The highest BCUT2D eigenvalue weighted by molar-refractivity contribution is 6.29. The van der Waals surface area contributed by atoms with Crippen LogP contribution < -0.4 is 4.90 Å². The minimum Gasteiger partial charge on any atom is -0.420 e. The Bertz CT molecular complexity index is 1230. The number of aromatic nitrogens is 2. The van der Waals surface area contributed by atoms with E-state index in [1.807, 2.05) is 18.2 Å². The Labute approximate surface area is 196 Å². The number of nitrogens with zero attached hydrogens (tertiary/aromatic N) is 5. The monoisotopic (exact) mass is 465 g/mol. The minimum atomic E-state index is -0.909. The van der Waals surface area contributed by atoms with Gasteiger partial charge in [-0.15, -0.1) is 0 Å². The molecule has 0 radical (unpaired) electrons. The predicted octanol–water partition coefficient (Wildman–Crippen LogP) is 4.10. The Kier molecular flexibility index (Phi) is 5.64. The lowest BCUT2D eigenvalue weighted by atomic mass is 10.1. The van der Waals surface area contributed by atoms with Gasteiger partial charge in [0.05, 0.1) is 0 Å². The van der Waals surface area contributed by atoms with Crippen molar-refractivity contribution >= 4 is 40.5 Å². The summed E-state index contributed by atoms with van der Waals surface area (Å²) in [7, 11) is 0. The number of piperazine rings is 1. The third-order valence-corrected chi connectivity index (χ3v) is 6.39. The van der Waals surface area contributed by atoms with Crippen molar-refractivity contribution < 1.29 is 14.3 Å². The number of hydrogen-bond donors (Lipinski definition) is 0. The molecule has 5 rings (SSSR count). The molecule has 0 saturated carbocycles. The molecule has 1 fully saturated rings. The molecule has 2 aliphatic rings. The number of benzene rings is 1. The quantitative estimate of drug-likeness (QED) is 0.542. The molecule has 1 aromatic carbocycles. The average Bonchev–Trinajstić information content (AvgIpc) is 3.10. The van der Waals surface area contributed by atoms with Gasteiger partial charge in [0, 0.05) is 48.7 Å². The van der Waals surface area contributed by atoms with Crippen LogP contribution in [0.25, 0.3) is 11.0 Å². The number of fused-ring (bicyclic) bond motifs is 2. The van der Waals surface area contributed by atoms with Gasteiger partial charge in [0.25, 0.3) is 5.91 Å². The molecule has 1 saturated heterocycles. The Morgan fingerprint density at radius 3 is 2.52 bits per heavy atom. The lowest BCUT2D eigenvalue weighted by Crippen LogP contribution is -2.51. The fourth-order valence-corrected chi connectivity index (χ4v) is 4.46. The summed E-state index contributed by atoms with van der Waals surface area (Å²) in [6.45, 7) is 7.02. The number of hydrogen-bond acceptors (Lipinski definition) is 6. The molecule has 2 aromatic heterocycles. The van der Waals surface area contributed by atoms with Crippen molar-refractivity contribution in [1.29, 1.82) is 0 Å². The highest BCUT2D eigenvalue weighted by Gasteiger charge is 2.42. The molecule has 0 aliphatic carbocycles. The van der Waals surface area contributed by atoms with Crippen molar-refractivity contribution in [3.63, 3.8) is 0 Å². The number of carbonyl (C=O) groups is 2. The zero-order valence-electron chi connectivity index (χ0n) is 18.4. The van der Waals surface area contributed by atoms with Gasteiger partial charge in [0.2, 0.25) is 6.23 Å². The van der Waals surface area contributed by atoms with Gasteiger partial charge in [-0.2, -0.15) is 0 Å². The smallest absolute Gasteiger partial charge is 0.412 e. The summed E-state index contributed by atoms with van der Waals surface area (Å²) in [6.07, 6.45) is -1.35. The van der Waals surface area contributed by atoms with Crippen molar-refractivity contribution in [1.82, 2.24) is 19.8 Å². The fraction of sp³-hybridized carbons (Fsp3) is 0.333. The van der Waals surface area contributed by atoms with Crippen LogP contribution in [0.1, 0.15) is 36.0 Å². The van der Waals surface area contributed by atoms with E-state index in [4.69, 9.17) is 16.3 Å². The Morgan fingerprint density at radius 2 is 1.76 bits per heavy atom. The highest BCUT2D eigenvalue weighted by Crippen LogP contribution is 2.38. The highest BCUT2D eigenvalue weighted by atomic mass is 35.5. The van der Waals surface area contributed by atoms with E-state index in [-0.39, 0.29) is 5.91 Å². The van der Waals surface area contributed by atoms with Crippen molar-refractivity contribution in [2.24, 2.45) is 0 Å². The van der Waals surface area contributed by atoms with Crippen molar-refractivity contribution in [2.75, 3.05) is 31.1 Å². The van der Waals surface area contributed by atoms with E-state index < -0.39 is 12.3 Å². The number of halogens is 1. The Hall–Kier alpha value is -3.23. The summed E-state index contributed by atoms with van der Waals surface area (Å²) in [5.41, 5.74) is 1.54. The molecule has 1 atom stereocenters. The first kappa shape index (κ1) is 21.6. The second kappa shape index (κ2) is 8.61. The number of amides is 2. The van der Waals surface area contributed by atoms with E-state index in [0.29, 0.717) is 46.9 Å². The van der Waals surface area contributed by atoms with E-state index in [2.05, 4.69) is 28.7 Å². The first-order valence-electron chi connectivity index (χ1n) is 11.0. The van der Waals surface area contributed by atoms with Crippen LogP contribution in [0.2, 0.25) is 5.15 Å². The molecular weight excluding hydrogens is 442 g/mol. The van der Waals surface area contributed by atoms with Crippen LogP contribution in [0, 0.1) is 0 Å². The van der Waals surface area contributed by atoms with Gasteiger partial charge in [0.1, 0.15) is 11.0 Å². The minimum absolute atomic E-state index is 0.276. The summed E-state index contributed by atoms with van der Waals surface area (Å²) in [4.78, 5) is 40.6. The molecule has 0 N–H and O–H groups in total. The van der Waals surface area contributed by atoms with Gasteiger partial charge in [-0.1, -0.05) is 29.8 Å². The SMILES string of the molecule is CC(C)N1CCN(C(=O)OC2c3ccccc3C(=O)N2c2ccc3ccc(Cl)nc3n2)CC1. The van der Waals surface area contributed by atoms with E-state index in [1.165, 1.54) is 4.90 Å². The number of pyridine rings is 2. The van der Waals surface area contributed by atoms with E-state index >= 15 is 0 Å².